The van der Waals surface area contributed by atoms with Gasteiger partial charge in [-0.1, -0.05) is 12.8 Å². The normalized spacial score (nSPS) is 31.5. The minimum atomic E-state index is -0.0818. The van der Waals surface area contributed by atoms with Crippen LogP contribution in [0.25, 0.3) is 0 Å². The lowest BCUT2D eigenvalue weighted by atomic mass is 9.96. The maximum Gasteiger partial charge on any atom is 0.0610 e. The Morgan fingerprint density at radius 2 is 1.89 bits per heavy atom. The Hall–Kier alpha value is -0.120. The number of aliphatic hydroxyl groups excluding tert-OH is 1. The summed E-state index contributed by atoms with van der Waals surface area (Å²) in [6.07, 6.45) is 7.98. The number of hydrogen-bond acceptors (Lipinski definition) is 3. The van der Waals surface area contributed by atoms with Gasteiger partial charge in [-0.25, -0.2) is 0 Å². The second-order valence-electron chi connectivity index (χ2n) is 6.64. The maximum atomic E-state index is 9.33. The molecule has 1 saturated heterocycles. The van der Waals surface area contributed by atoms with Crippen LogP contribution in [-0.4, -0.2) is 48.8 Å². The molecule has 1 aliphatic carbocycles. The van der Waals surface area contributed by atoms with Crippen molar-refractivity contribution in [1.29, 1.82) is 0 Å². The van der Waals surface area contributed by atoms with Crippen molar-refractivity contribution in [1.82, 2.24) is 10.2 Å². The van der Waals surface area contributed by atoms with E-state index < -0.39 is 0 Å². The molecule has 0 aromatic heterocycles. The van der Waals surface area contributed by atoms with Gasteiger partial charge in [-0.05, 0) is 58.0 Å². The highest BCUT2D eigenvalue weighted by Crippen LogP contribution is 2.37. The molecule has 1 heterocycles. The Morgan fingerprint density at radius 1 is 1.22 bits per heavy atom. The van der Waals surface area contributed by atoms with Crippen LogP contribution < -0.4 is 5.32 Å². The summed E-state index contributed by atoms with van der Waals surface area (Å²) in [5.41, 5.74) is -0.0818. The van der Waals surface area contributed by atoms with E-state index in [4.69, 9.17) is 0 Å². The van der Waals surface area contributed by atoms with Crippen molar-refractivity contribution in [2.75, 3.05) is 33.3 Å². The van der Waals surface area contributed by atoms with Gasteiger partial charge in [-0.2, -0.15) is 0 Å². The average Bonchev–Trinajstić information content (AvgIpc) is 2.95. The zero-order valence-corrected chi connectivity index (χ0v) is 12.1. The number of likely N-dealkylation sites (N-methyl/N-ethyl adjacent to an activating group) is 1. The molecule has 0 spiro atoms. The molecule has 3 heteroatoms. The Balaban J connectivity index is 1.59. The lowest BCUT2D eigenvalue weighted by molar-refractivity contribution is 0.169. The van der Waals surface area contributed by atoms with Gasteiger partial charge in [0.2, 0.25) is 0 Å². The second-order valence-corrected chi connectivity index (χ2v) is 6.64. The summed E-state index contributed by atoms with van der Waals surface area (Å²) in [7, 11) is 1.94. The predicted molar refractivity (Wildman–Crippen MR) is 75.7 cm³/mol. The highest BCUT2D eigenvalue weighted by Gasteiger charge is 2.35. The van der Waals surface area contributed by atoms with Crippen molar-refractivity contribution < 1.29 is 5.11 Å². The number of fused-ring (bicyclic) bond motifs is 1. The molecule has 0 aromatic rings. The van der Waals surface area contributed by atoms with E-state index in [2.05, 4.69) is 17.1 Å². The lowest BCUT2D eigenvalue weighted by Gasteiger charge is -2.27. The van der Waals surface area contributed by atoms with E-state index in [1.54, 1.807) is 0 Å². The molecule has 0 radical (unpaired) electrons. The van der Waals surface area contributed by atoms with Gasteiger partial charge < -0.3 is 15.3 Å². The van der Waals surface area contributed by atoms with Gasteiger partial charge in [0.25, 0.3) is 0 Å². The van der Waals surface area contributed by atoms with Gasteiger partial charge in [-0.3, -0.25) is 0 Å². The minimum Gasteiger partial charge on any atom is -0.394 e. The number of rotatable bonds is 7. The maximum absolute atomic E-state index is 9.33. The fraction of sp³-hybridized carbons (Fsp3) is 1.00. The third-order valence-corrected chi connectivity index (χ3v) is 5.21. The molecule has 2 aliphatic rings. The van der Waals surface area contributed by atoms with E-state index in [1.165, 1.54) is 51.7 Å². The van der Waals surface area contributed by atoms with Crippen LogP contribution in [0.1, 0.15) is 45.4 Å². The first-order valence-electron chi connectivity index (χ1n) is 7.69. The number of nitrogens with zero attached hydrogens (tertiary/aromatic N) is 1. The highest BCUT2D eigenvalue weighted by atomic mass is 16.3. The van der Waals surface area contributed by atoms with E-state index in [9.17, 15) is 5.11 Å². The number of likely N-dealkylation sites (tertiary alicyclic amines) is 1. The van der Waals surface area contributed by atoms with Crippen molar-refractivity contribution >= 4 is 0 Å². The van der Waals surface area contributed by atoms with Gasteiger partial charge in [0.15, 0.2) is 0 Å². The molecule has 2 N–H and O–H groups in total. The highest BCUT2D eigenvalue weighted by molar-refractivity contribution is 4.88. The van der Waals surface area contributed by atoms with E-state index in [0.717, 1.165) is 18.3 Å². The largest absolute Gasteiger partial charge is 0.394 e. The number of unbranched alkanes of at least 4 members (excludes halogenated alkanes) is 1. The molecule has 106 valence electrons. The van der Waals surface area contributed by atoms with Crippen LogP contribution in [-0.2, 0) is 0 Å². The predicted octanol–water partition coefficient (Wildman–Crippen LogP) is 1.86. The SMILES string of the molecule is CNC(C)(CO)CCCCN1CC2CCCC2C1. The van der Waals surface area contributed by atoms with Crippen molar-refractivity contribution in [3.8, 4) is 0 Å². The Kier molecular flexibility index (Phi) is 5.05. The first kappa shape index (κ1) is 14.3. The summed E-state index contributed by atoms with van der Waals surface area (Å²) in [4.78, 5) is 2.67. The van der Waals surface area contributed by atoms with Crippen LogP contribution in [0.4, 0.5) is 0 Å². The molecule has 1 aliphatic heterocycles. The van der Waals surface area contributed by atoms with Crippen LogP contribution in [0, 0.1) is 11.8 Å². The number of nitrogens with one attached hydrogen (secondary N) is 1. The fourth-order valence-electron chi connectivity index (χ4n) is 3.65. The summed E-state index contributed by atoms with van der Waals surface area (Å²) in [6.45, 7) is 6.31. The fourth-order valence-corrected chi connectivity index (χ4v) is 3.65. The summed E-state index contributed by atoms with van der Waals surface area (Å²) < 4.78 is 0. The van der Waals surface area contributed by atoms with Crippen molar-refractivity contribution in [3.05, 3.63) is 0 Å². The topological polar surface area (TPSA) is 35.5 Å². The molecule has 1 saturated carbocycles. The summed E-state index contributed by atoms with van der Waals surface area (Å²) in [5, 5.41) is 12.6. The Morgan fingerprint density at radius 3 is 2.44 bits per heavy atom. The van der Waals surface area contributed by atoms with Crippen LogP contribution in [0.15, 0.2) is 0 Å². The summed E-state index contributed by atoms with van der Waals surface area (Å²) >= 11 is 0. The standard InChI is InChI=1S/C15H30N2O/c1-15(12-18,16-2)8-3-4-9-17-10-13-6-5-7-14(13)11-17/h13-14,16,18H,3-12H2,1-2H3. The smallest absolute Gasteiger partial charge is 0.0610 e. The van der Waals surface area contributed by atoms with Crippen LogP contribution in [0.5, 0.6) is 0 Å². The Labute approximate surface area is 112 Å². The first-order valence-corrected chi connectivity index (χ1v) is 7.69. The molecule has 0 amide bonds. The third kappa shape index (κ3) is 3.46. The lowest BCUT2D eigenvalue weighted by Crippen LogP contribution is -2.43. The molecule has 3 nitrogen and oxygen atoms in total. The molecule has 0 aromatic carbocycles. The third-order valence-electron chi connectivity index (χ3n) is 5.21. The minimum absolute atomic E-state index is 0.0818. The van der Waals surface area contributed by atoms with Gasteiger partial charge in [0.1, 0.15) is 0 Å². The molecule has 0 bridgehead atoms. The monoisotopic (exact) mass is 254 g/mol. The average molecular weight is 254 g/mol. The van der Waals surface area contributed by atoms with E-state index in [1.807, 2.05) is 7.05 Å². The van der Waals surface area contributed by atoms with Gasteiger partial charge in [-0.15, -0.1) is 0 Å². The van der Waals surface area contributed by atoms with Crippen molar-refractivity contribution in [3.63, 3.8) is 0 Å². The number of aliphatic hydroxyl groups is 1. The van der Waals surface area contributed by atoms with Crippen LogP contribution in [0.3, 0.4) is 0 Å². The van der Waals surface area contributed by atoms with Crippen molar-refractivity contribution in [2.45, 2.75) is 51.0 Å². The molecule has 2 rings (SSSR count). The van der Waals surface area contributed by atoms with E-state index >= 15 is 0 Å². The summed E-state index contributed by atoms with van der Waals surface area (Å²) in [6, 6.07) is 0. The van der Waals surface area contributed by atoms with Gasteiger partial charge in [0.05, 0.1) is 6.61 Å². The van der Waals surface area contributed by atoms with Gasteiger partial charge in [0, 0.05) is 18.6 Å². The molecule has 3 atom stereocenters. The van der Waals surface area contributed by atoms with Crippen LogP contribution in [0.2, 0.25) is 0 Å². The molecule has 3 unspecified atom stereocenters. The first-order chi connectivity index (χ1) is 8.67. The van der Waals surface area contributed by atoms with Crippen LogP contribution >= 0.6 is 0 Å². The zero-order valence-electron chi connectivity index (χ0n) is 12.1. The van der Waals surface area contributed by atoms with Gasteiger partial charge >= 0.3 is 0 Å². The Bertz CT molecular complexity index is 241. The van der Waals surface area contributed by atoms with E-state index in [-0.39, 0.29) is 12.1 Å². The number of hydrogen-bond donors (Lipinski definition) is 2. The molecular formula is C15H30N2O. The molecular weight excluding hydrogens is 224 g/mol. The van der Waals surface area contributed by atoms with E-state index in [0.29, 0.717) is 0 Å². The summed E-state index contributed by atoms with van der Waals surface area (Å²) in [5.74, 6) is 2.04. The molecule has 18 heavy (non-hydrogen) atoms. The second kappa shape index (κ2) is 6.36. The van der Waals surface area contributed by atoms with Crippen molar-refractivity contribution in [2.24, 2.45) is 11.8 Å². The quantitative estimate of drug-likeness (QED) is 0.681. The molecule has 2 fully saturated rings. The zero-order chi connectivity index (χ0) is 13.0.